The first kappa shape index (κ1) is 15.8. The van der Waals surface area contributed by atoms with Crippen molar-refractivity contribution >= 4 is 28.4 Å². The number of benzene rings is 1. The van der Waals surface area contributed by atoms with Gasteiger partial charge in [-0.05, 0) is 23.8 Å². The molecule has 0 spiro atoms. The van der Waals surface area contributed by atoms with Crippen LogP contribution in [0.2, 0.25) is 0 Å². The zero-order valence-electron chi connectivity index (χ0n) is 13.4. The van der Waals surface area contributed by atoms with Gasteiger partial charge in [-0.2, -0.15) is 0 Å². The molecule has 1 aliphatic heterocycles. The molecular weight excluding hydrogens is 338 g/mol. The Hall–Kier alpha value is -3.75. The number of fused-ring (bicyclic) bond motifs is 2. The number of amides is 2. The van der Waals surface area contributed by atoms with E-state index in [1.54, 1.807) is 30.3 Å². The number of ether oxygens (including phenoxy) is 1. The maximum Gasteiger partial charge on any atom is 0.287 e. The third-order valence-corrected chi connectivity index (χ3v) is 3.80. The molecule has 3 heterocycles. The number of hydrogen-bond donors (Lipinski definition) is 3. The Kier molecular flexibility index (Phi) is 3.81. The number of carbonyl (C=O) groups is 2. The minimum Gasteiger partial charge on any atom is -0.466 e. The maximum absolute atomic E-state index is 12.3. The smallest absolute Gasteiger partial charge is 0.287 e. The second-order valence-electron chi connectivity index (χ2n) is 5.65. The Bertz CT molecular complexity index is 1090. The van der Waals surface area contributed by atoms with Crippen LogP contribution < -0.4 is 20.9 Å². The number of anilines is 1. The lowest BCUT2D eigenvalue weighted by Gasteiger charge is -2.17. The van der Waals surface area contributed by atoms with E-state index < -0.39 is 5.91 Å². The summed E-state index contributed by atoms with van der Waals surface area (Å²) in [6.07, 6.45) is 1.53. The van der Waals surface area contributed by atoms with Crippen LogP contribution in [0.5, 0.6) is 5.88 Å². The monoisotopic (exact) mass is 351 g/mol. The molecular formula is C17H13N5O4. The summed E-state index contributed by atoms with van der Waals surface area (Å²) in [6, 6.07) is 8.43. The number of nitrogens with one attached hydrogen (secondary N) is 3. The molecule has 0 atom stereocenters. The van der Waals surface area contributed by atoms with Crippen molar-refractivity contribution in [2.75, 3.05) is 11.9 Å². The molecule has 9 heteroatoms. The average molecular weight is 351 g/mol. The molecule has 26 heavy (non-hydrogen) atoms. The maximum atomic E-state index is 12.3. The molecule has 0 saturated carbocycles. The van der Waals surface area contributed by atoms with Crippen LogP contribution in [0.3, 0.4) is 0 Å². The zero-order valence-corrected chi connectivity index (χ0v) is 13.4. The Morgan fingerprint density at radius 1 is 1.27 bits per heavy atom. The molecule has 3 aromatic rings. The van der Waals surface area contributed by atoms with Crippen LogP contribution in [0, 0.1) is 0 Å². The van der Waals surface area contributed by atoms with Gasteiger partial charge in [0, 0.05) is 12.7 Å². The molecule has 2 amide bonds. The lowest BCUT2D eigenvalue weighted by atomic mass is 10.2. The van der Waals surface area contributed by atoms with E-state index in [2.05, 4.69) is 25.6 Å². The number of hydrogen-bond acceptors (Lipinski definition) is 6. The van der Waals surface area contributed by atoms with Crippen LogP contribution >= 0.6 is 0 Å². The van der Waals surface area contributed by atoms with Crippen molar-refractivity contribution < 1.29 is 14.3 Å². The van der Waals surface area contributed by atoms with E-state index in [1.165, 1.54) is 6.20 Å². The van der Waals surface area contributed by atoms with Gasteiger partial charge in [0.25, 0.3) is 17.4 Å². The fourth-order valence-corrected chi connectivity index (χ4v) is 2.58. The largest absolute Gasteiger partial charge is 0.466 e. The molecule has 1 aromatic carbocycles. The number of nitrogens with zero attached hydrogens (tertiary/aromatic N) is 2. The first-order valence-electron chi connectivity index (χ1n) is 7.79. The minimum atomic E-state index is -0.522. The van der Waals surface area contributed by atoms with Crippen LogP contribution in [-0.2, 0) is 11.3 Å². The van der Waals surface area contributed by atoms with Gasteiger partial charge in [-0.15, -0.1) is 0 Å². The normalized spacial score (nSPS) is 12.8. The second kappa shape index (κ2) is 6.28. The lowest BCUT2D eigenvalue weighted by molar-refractivity contribution is -0.118. The van der Waals surface area contributed by atoms with Gasteiger partial charge in [-0.25, -0.2) is 9.97 Å². The number of para-hydroxylation sites is 1. The molecule has 130 valence electrons. The molecule has 2 aromatic heterocycles. The van der Waals surface area contributed by atoms with Crippen molar-refractivity contribution in [3.05, 3.63) is 58.3 Å². The molecule has 0 unspecified atom stereocenters. The summed E-state index contributed by atoms with van der Waals surface area (Å²) < 4.78 is 5.18. The van der Waals surface area contributed by atoms with Crippen molar-refractivity contribution in [2.45, 2.75) is 6.54 Å². The summed E-state index contributed by atoms with van der Waals surface area (Å²) in [4.78, 5) is 46.4. The topological polar surface area (TPSA) is 126 Å². The van der Waals surface area contributed by atoms with Gasteiger partial charge in [0.05, 0.1) is 10.9 Å². The van der Waals surface area contributed by atoms with Crippen molar-refractivity contribution in [2.24, 2.45) is 0 Å². The first-order chi connectivity index (χ1) is 12.6. The Morgan fingerprint density at radius 3 is 3.00 bits per heavy atom. The summed E-state index contributed by atoms with van der Waals surface area (Å²) in [7, 11) is 0. The van der Waals surface area contributed by atoms with Gasteiger partial charge < -0.3 is 20.4 Å². The van der Waals surface area contributed by atoms with Crippen molar-refractivity contribution in [1.29, 1.82) is 0 Å². The Labute approximate surface area is 146 Å². The standard InChI is InChI=1S/C17H13N5O4/c23-13-8-26-17-12(20-13)5-9(7-19-17)6-18-16(25)14-21-11-4-2-1-3-10(11)15(24)22-14/h1-5,7H,6,8H2,(H,18,25)(H,20,23)(H,21,22,24). The van der Waals surface area contributed by atoms with E-state index >= 15 is 0 Å². The van der Waals surface area contributed by atoms with Crippen LogP contribution in [0.1, 0.15) is 16.2 Å². The fourth-order valence-electron chi connectivity index (χ4n) is 2.58. The van der Waals surface area contributed by atoms with Crippen LogP contribution in [0.15, 0.2) is 41.3 Å². The van der Waals surface area contributed by atoms with Crippen LogP contribution in [0.4, 0.5) is 5.69 Å². The number of pyridine rings is 1. The highest BCUT2D eigenvalue weighted by atomic mass is 16.5. The number of rotatable bonds is 3. The van der Waals surface area contributed by atoms with Crippen LogP contribution in [0.25, 0.3) is 10.9 Å². The number of aromatic amines is 1. The summed E-state index contributed by atoms with van der Waals surface area (Å²) >= 11 is 0. The lowest BCUT2D eigenvalue weighted by Crippen LogP contribution is -2.28. The van der Waals surface area contributed by atoms with Gasteiger partial charge in [-0.3, -0.25) is 14.4 Å². The third-order valence-electron chi connectivity index (χ3n) is 3.80. The van der Waals surface area contributed by atoms with Gasteiger partial charge in [0.2, 0.25) is 5.88 Å². The van der Waals surface area contributed by atoms with Crippen molar-refractivity contribution in [3.63, 3.8) is 0 Å². The van der Waals surface area contributed by atoms with E-state index in [1.807, 2.05) is 0 Å². The van der Waals surface area contributed by atoms with E-state index in [0.717, 1.165) is 0 Å². The molecule has 0 saturated heterocycles. The molecule has 0 aliphatic carbocycles. The highest BCUT2D eigenvalue weighted by molar-refractivity contribution is 5.95. The zero-order chi connectivity index (χ0) is 18.1. The van der Waals surface area contributed by atoms with Gasteiger partial charge >= 0.3 is 0 Å². The van der Waals surface area contributed by atoms with Gasteiger partial charge in [0.15, 0.2) is 12.4 Å². The molecule has 1 aliphatic rings. The second-order valence-corrected chi connectivity index (χ2v) is 5.65. The quantitative estimate of drug-likeness (QED) is 0.634. The van der Waals surface area contributed by atoms with E-state index in [9.17, 15) is 14.4 Å². The molecule has 3 N–H and O–H groups in total. The highest BCUT2D eigenvalue weighted by Crippen LogP contribution is 2.25. The first-order valence-corrected chi connectivity index (χ1v) is 7.79. The van der Waals surface area contributed by atoms with E-state index in [4.69, 9.17) is 4.74 Å². The summed E-state index contributed by atoms with van der Waals surface area (Å²) in [5, 5.41) is 5.72. The summed E-state index contributed by atoms with van der Waals surface area (Å²) in [6.45, 7) is 0.0720. The molecule has 9 nitrogen and oxygen atoms in total. The van der Waals surface area contributed by atoms with Crippen LogP contribution in [-0.4, -0.2) is 33.4 Å². The average Bonchev–Trinajstić information content (AvgIpc) is 2.65. The summed E-state index contributed by atoms with van der Waals surface area (Å²) in [5.41, 5.74) is 1.17. The Balaban J connectivity index is 1.52. The van der Waals surface area contributed by atoms with Gasteiger partial charge in [-0.1, -0.05) is 12.1 Å². The van der Waals surface area contributed by atoms with Gasteiger partial charge in [0.1, 0.15) is 5.69 Å². The predicted octanol–water partition coefficient (Wildman–Crippen LogP) is 0.579. The summed E-state index contributed by atoms with van der Waals surface area (Å²) in [5.74, 6) is -0.527. The highest BCUT2D eigenvalue weighted by Gasteiger charge is 2.18. The van der Waals surface area contributed by atoms with E-state index in [0.29, 0.717) is 28.0 Å². The number of H-pyrrole nitrogens is 1. The minimum absolute atomic E-state index is 0.0723. The number of aromatic nitrogens is 3. The number of carbonyl (C=O) groups excluding carboxylic acids is 2. The molecule has 0 radical (unpaired) electrons. The SMILES string of the molecule is O=C1COc2ncc(CNC(=O)c3nc4ccccc4c(=O)[nH]3)cc2N1. The molecule has 0 fully saturated rings. The molecule has 0 bridgehead atoms. The predicted molar refractivity (Wildman–Crippen MR) is 91.9 cm³/mol. The van der Waals surface area contributed by atoms with Crippen molar-refractivity contribution in [3.8, 4) is 5.88 Å². The Morgan fingerprint density at radius 2 is 2.12 bits per heavy atom. The van der Waals surface area contributed by atoms with E-state index in [-0.39, 0.29) is 30.4 Å². The molecule has 4 rings (SSSR count). The third kappa shape index (κ3) is 2.97. The van der Waals surface area contributed by atoms with Crippen molar-refractivity contribution in [1.82, 2.24) is 20.3 Å². The fraction of sp³-hybridized carbons (Fsp3) is 0.118.